The summed E-state index contributed by atoms with van der Waals surface area (Å²) in [5.74, 6) is 0. The molecule has 0 aliphatic heterocycles. The molecule has 144 valence electrons. The van der Waals surface area contributed by atoms with Crippen molar-refractivity contribution in [2.45, 2.75) is 47.1 Å². The number of pyridine rings is 1. The van der Waals surface area contributed by atoms with Crippen LogP contribution >= 0.6 is 0 Å². The van der Waals surface area contributed by atoms with Crippen LogP contribution in [-0.2, 0) is 6.54 Å². The molecule has 0 saturated carbocycles. The van der Waals surface area contributed by atoms with Crippen LogP contribution in [0.1, 0.15) is 45.0 Å². The molecule has 4 heteroatoms. The first-order valence-corrected chi connectivity index (χ1v) is 10.3. The molecule has 27 heavy (non-hydrogen) atoms. The fourth-order valence-electron chi connectivity index (χ4n) is 3.80. The lowest BCUT2D eigenvalue weighted by Crippen LogP contribution is -2.25. The number of aryl methyl sites for hydroxylation is 2. The van der Waals surface area contributed by atoms with E-state index in [9.17, 15) is 0 Å². The third kappa shape index (κ3) is 4.22. The maximum absolute atomic E-state index is 4.84. The summed E-state index contributed by atoms with van der Waals surface area (Å²) in [7, 11) is 0. The molecule has 1 aromatic carbocycles. The molecule has 2 aromatic heterocycles. The minimum atomic E-state index is 0.818. The van der Waals surface area contributed by atoms with Gasteiger partial charge in [0.15, 0.2) is 0 Å². The van der Waals surface area contributed by atoms with Crippen molar-refractivity contribution < 1.29 is 0 Å². The number of aromatic nitrogens is 2. The topological polar surface area (TPSA) is 33.4 Å². The van der Waals surface area contributed by atoms with Gasteiger partial charge in [0.25, 0.3) is 0 Å². The monoisotopic (exact) mass is 364 g/mol. The molecule has 3 aromatic rings. The van der Waals surface area contributed by atoms with Gasteiger partial charge in [0.2, 0.25) is 0 Å². The van der Waals surface area contributed by atoms with Crippen molar-refractivity contribution in [3.05, 3.63) is 41.7 Å². The Morgan fingerprint density at radius 1 is 1.11 bits per heavy atom. The minimum absolute atomic E-state index is 0.818. The van der Waals surface area contributed by atoms with Crippen molar-refractivity contribution in [3.63, 3.8) is 0 Å². The highest BCUT2D eigenvalue weighted by atomic mass is 15.1. The quantitative estimate of drug-likeness (QED) is 0.497. The van der Waals surface area contributed by atoms with Crippen molar-refractivity contribution in [1.82, 2.24) is 14.5 Å². The number of nitrogens with zero attached hydrogens (tertiary/aromatic N) is 4. The van der Waals surface area contributed by atoms with Gasteiger partial charge in [-0.25, -0.2) is 4.98 Å². The van der Waals surface area contributed by atoms with Gasteiger partial charge in [-0.15, -0.1) is 0 Å². The zero-order valence-electron chi connectivity index (χ0n) is 17.2. The predicted molar refractivity (Wildman–Crippen MR) is 117 cm³/mol. The Kier molecular flexibility index (Phi) is 6.62. The van der Waals surface area contributed by atoms with E-state index in [0.29, 0.717) is 0 Å². The summed E-state index contributed by atoms with van der Waals surface area (Å²) in [6.45, 7) is 13.8. The summed E-state index contributed by atoms with van der Waals surface area (Å²) in [5.41, 5.74) is 4.62. The third-order valence-electron chi connectivity index (χ3n) is 5.34. The fourth-order valence-corrected chi connectivity index (χ4v) is 3.80. The van der Waals surface area contributed by atoms with E-state index in [0.717, 1.165) is 44.1 Å². The van der Waals surface area contributed by atoms with Gasteiger partial charge in [-0.1, -0.05) is 45.4 Å². The third-order valence-corrected chi connectivity index (χ3v) is 5.34. The van der Waals surface area contributed by atoms with Crippen LogP contribution in [0.4, 0.5) is 0 Å². The normalized spacial score (nSPS) is 12.2. The second-order valence-corrected chi connectivity index (χ2v) is 7.11. The standard InChI is InChI=1S/C23H32N4/c1-5-8-14-27-22-12-10-9-11-20(22)21-16-19(25-18(4)23(21)27)17-24-13-15-26(6-2)7-3/h9-12,16-17H,5-8,13-15H2,1-4H3. The molecular formula is C23H32N4. The van der Waals surface area contributed by atoms with Crippen LogP contribution < -0.4 is 0 Å². The SMILES string of the molecule is CCCCn1c2ccccc2c2cc(C=NCCN(CC)CC)nc(C)c21. The maximum Gasteiger partial charge on any atom is 0.0818 e. The van der Waals surface area contributed by atoms with Gasteiger partial charge in [-0.3, -0.25) is 4.99 Å². The Morgan fingerprint density at radius 3 is 2.63 bits per heavy atom. The number of fused-ring (bicyclic) bond motifs is 3. The molecule has 0 amide bonds. The van der Waals surface area contributed by atoms with Crippen LogP contribution in [0.2, 0.25) is 0 Å². The molecule has 4 nitrogen and oxygen atoms in total. The van der Waals surface area contributed by atoms with Crippen LogP contribution in [0.3, 0.4) is 0 Å². The number of para-hydroxylation sites is 1. The van der Waals surface area contributed by atoms with E-state index in [1.807, 2.05) is 6.21 Å². The zero-order chi connectivity index (χ0) is 19.2. The Balaban J connectivity index is 1.95. The molecule has 0 radical (unpaired) electrons. The van der Waals surface area contributed by atoms with Gasteiger partial charge < -0.3 is 9.47 Å². The average molecular weight is 365 g/mol. The van der Waals surface area contributed by atoms with Crippen LogP contribution in [0.25, 0.3) is 21.8 Å². The number of aliphatic imine (C=N–C) groups is 1. The summed E-state index contributed by atoms with van der Waals surface area (Å²) in [4.78, 5) is 11.9. The number of likely N-dealkylation sites (N-methyl/N-ethyl adjacent to an activating group) is 1. The van der Waals surface area contributed by atoms with E-state index in [1.165, 1.54) is 34.6 Å². The molecule has 0 atom stereocenters. The summed E-state index contributed by atoms with van der Waals surface area (Å²) >= 11 is 0. The van der Waals surface area contributed by atoms with Crippen molar-refractivity contribution in [2.75, 3.05) is 26.2 Å². The van der Waals surface area contributed by atoms with E-state index >= 15 is 0 Å². The number of hydrogen-bond donors (Lipinski definition) is 0. The number of unbranched alkanes of at least 4 members (excludes halogenated alkanes) is 1. The minimum Gasteiger partial charge on any atom is -0.339 e. The molecule has 0 bridgehead atoms. The predicted octanol–water partition coefficient (Wildman–Crippen LogP) is 5.06. The first-order chi connectivity index (χ1) is 13.2. The smallest absolute Gasteiger partial charge is 0.0818 e. The van der Waals surface area contributed by atoms with Crippen LogP contribution in [-0.4, -0.2) is 46.8 Å². The second kappa shape index (κ2) is 9.14. The van der Waals surface area contributed by atoms with E-state index in [2.05, 4.69) is 72.5 Å². The van der Waals surface area contributed by atoms with Crippen LogP contribution in [0.5, 0.6) is 0 Å². The highest BCUT2D eigenvalue weighted by molar-refractivity contribution is 6.09. The maximum atomic E-state index is 4.84. The molecule has 0 aliphatic rings. The van der Waals surface area contributed by atoms with Gasteiger partial charge in [0.05, 0.1) is 23.4 Å². The summed E-state index contributed by atoms with van der Waals surface area (Å²) < 4.78 is 2.44. The van der Waals surface area contributed by atoms with Crippen LogP contribution in [0.15, 0.2) is 35.3 Å². The summed E-state index contributed by atoms with van der Waals surface area (Å²) in [5, 5.41) is 2.60. The summed E-state index contributed by atoms with van der Waals surface area (Å²) in [6.07, 6.45) is 4.31. The van der Waals surface area contributed by atoms with Crippen molar-refractivity contribution >= 4 is 28.0 Å². The number of benzene rings is 1. The van der Waals surface area contributed by atoms with E-state index in [1.54, 1.807) is 0 Å². The Morgan fingerprint density at radius 2 is 1.89 bits per heavy atom. The second-order valence-electron chi connectivity index (χ2n) is 7.11. The number of rotatable bonds is 9. The molecule has 2 heterocycles. The molecule has 0 fully saturated rings. The highest BCUT2D eigenvalue weighted by Crippen LogP contribution is 2.31. The highest BCUT2D eigenvalue weighted by Gasteiger charge is 2.13. The summed E-state index contributed by atoms with van der Waals surface area (Å²) in [6, 6.07) is 10.9. The molecule has 3 rings (SSSR count). The lowest BCUT2D eigenvalue weighted by atomic mass is 10.1. The van der Waals surface area contributed by atoms with E-state index < -0.39 is 0 Å². The van der Waals surface area contributed by atoms with E-state index in [-0.39, 0.29) is 0 Å². The lowest BCUT2D eigenvalue weighted by molar-refractivity contribution is 0.313. The van der Waals surface area contributed by atoms with Crippen LogP contribution in [0, 0.1) is 6.92 Å². The molecule has 0 spiro atoms. The molecule has 0 saturated heterocycles. The lowest BCUT2D eigenvalue weighted by Gasteiger charge is -2.15. The zero-order valence-corrected chi connectivity index (χ0v) is 17.2. The molecule has 0 N–H and O–H groups in total. The first kappa shape index (κ1) is 19.6. The van der Waals surface area contributed by atoms with E-state index in [4.69, 9.17) is 4.98 Å². The van der Waals surface area contributed by atoms with Gasteiger partial charge in [-0.2, -0.15) is 0 Å². The van der Waals surface area contributed by atoms with Gasteiger partial charge in [0.1, 0.15) is 0 Å². The number of hydrogen-bond acceptors (Lipinski definition) is 3. The Bertz CT molecular complexity index is 919. The average Bonchev–Trinajstić information content (AvgIpc) is 3.01. The Hall–Kier alpha value is -2.20. The molecule has 0 unspecified atom stereocenters. The van der Waals surface area contributed by atoms with Crippen molar-refractivity contribution in [2.24, 2.45) is 4.99 Å². The van der Waals surface area contributed by atoms with Crippen molar-refractivity contribution in [3.8, 4) is 0 Å². The largest absolute Gasteiger partial charge is 0.339 e. The Labute approximate surface area is 162 Å². The molecular weight excluding hydrogens is 332 g/mol. The van der Waals surface area contributed by atoms with Gasteiger partial charge in [-0.05, 0) is 38.6 Å². The van der Waals surface area contributed by atoms with Gasteiger partial charge in [0, 0.05) is 35.6 Å². The van der Waals surface area contributed by atoms with Crippen molar-refractivity contribution in [1.29, 1.82) is 0 Å². The first-order valence-electron chi connectivity index (χ1n) is 10.3. The van der Waals surface area contributed by atoms with Gasteiger partial charge >= 0.3 is 0 Å². The fraction of sp³-hybridized carbons (Fsp3) is 0.478. The molecule has 0 aliphatic carbocycles.